The minimum Gasteiger partial charge on any atom is -0.236 e. The molecule has 1 saturated carbocycles. The Hall–Kier alpha value is -2.48. The van der Waals surface area contributed by atoms with Gasteiger partial charge in [-0.2, -0.15) is 0 Å². The third kappa shape index (κ3) is 3.09. The molecule has 3 aromatic rings. The summed E-state index contributed by atoms with van der Waals surface area (Å²) < 4.78 is 0. The lowest BCUT2D eigenvalue weighted by Gasteiger charge is -2.23. The van der Waals surface area contributed by atoms with Crippen LogP contribution in [0.25, 0.3) is 22.5 Å². The number of hydrogen-bond donors (Lipinski definition) is 0. The van der Waals surface area contributed by atoms with Crippen molar-refractivity contribution in [2.75, 3.05) is 0 Å². The van der Waals surface area contributed by atoms with E-state index in [1.807, 2.05) is 24.4 Å². The van der Waals surface area contributed by atoms with Gasteiger partial charge in [-0.25, -0.2) is 9.97 Å². The van der Waals surface area contributed by atoms with Crippen molar-refractivity contribution in [3.05, 3.63) is 72.6 Å². The standard InChI is InChI=1S/C22H22N2/c1-4-10-17(11-5-1)20-16-23-22(19-14-8-3-9-15-19)24-21(20)18-12-6-2-7-13-18/h1,3-5,8-11,14-16,18H,2,6-7,12-13H2. The maximum Gasteiger partial charge on any atom is 0.159 e. The minimum atomic E-state index is 0.555. The van der Waals surface area contributed by atoms with Crippen LogP contribution in [0.5, 0.6) is 0 Å². The molecule has 0 amide bonds. The van der Waals surface area contributed by atoms with Crippen LogP contribution >= 0.6 is 0 Å². The van der Waals surface area contributed by atoms with Crippen LogP contribution < -0.4 is 0 Å². The fourth-order valence-corrected chi connectivity index (χ4v) is 3.65. The quantitative estimate of drug-likeness (QED) is 0.605. The highest BCUT2D eigenvalue weighted by molar-refractivity contribution is 5.67. The molecule has 0 aliphatic heterocycles. The summed E-state index contributed by atoms with van der Waals surface area (Å²) in [5, 5.41) is 0. The molecular formula is C22H22N2. The van der Waals surface area contributed by atoms with Crippen molar-refractivity contribution in [2.45, 2.75) is 38.0 Å². The van der Waals surface area contributed by atoms with E-state index in [4.69, 9.17) is 4.98 Å². The van der Waals surface area contributed by atoms with Crippen LogP contribution in [0.3, 0.4) is 0 Å². The number of nitrogens with zero attached hydrogens (tertiary/aromatic N) is 2. The molecule has 0 unspecified atom stereocenters. The van der Waals surface area contributed by atoms with Gasteiger partial charge in [0.1, 0.15) is 0 Å². The fraction of sp³-hybridized carbons (Fsp3) is 0.273. The summed E-state index contributed by atoms with van der Waals surface area (Å²) in [6, 6.07) is 20.8. The second kappa shape index (κ2) is 6.96. The van der Waals surface area contributed by atoms with Crippen LogP contribution in [0.15, 0.2) is 66.9 Å². The van der Waals surface area contributed by atoms with Gasteiger partial charge in [-0.1, -0.05) is 79.9 Å². The smallest absolute Gasteiger partial charge is 0.159 e. The van der Waals surface area contributed by atoms with E-state index in [1.165, 1.54) is 48.9 Å². The molecule has 0 N–H and O–H groups in total. The van der Waals surface area contributed by atoms with Crippen LogP contribution in [-0.4, -0.2) is 9.97 Å². The van der Waals surface area contributed by atoms with E-state index in [1.54, 1.807) is 0 Å². The highest BCUT2D eigenvalue weighted by atomic mass is 14.9. The number of rotatable bonds is 3. The van der Waals surface area contributed by atoms with Crippen molar-refractivity contribution in [1.82, 2.24) is 9.97 Å². The summed E-state index contributed by atoms with van der Waals surface area (Å²) >= 11 is 0. The molecule has 0 atom stereocenters. The molecule has 0 bridgehead atoms. The Morgan fingerprint density at radius 2 is 1.33 bits per heavy atom. The molecule has 1 aliphatic carbocycles. The summed E-state index contributed by atoms with van der Waals surface area (Å²) in [6.07, 6.45) is 8.48. The summed E-state index contributed by atoms with van der Waals surface area (Å²) in [5.41, 5.74) is 4.74. The van der Waals surface area contributed by atoms with E-state index >= 15 is 0 Å². The van der Waals surface area contributed by atoms with Gasteiger partial charge in [-0.3, -0.25) is 0 Å². The lowest BCUT2D eigenvalue weighted by molar-refractivity contribution is 0.437. The van der Waals surface area contributed by atoms with E-state index in [2.05, 4.69) is 47.4 Å². The topological polar surface area (TPSA) is 25.8 Å². The Labute approximate surface area is 143 Å². The van der Waals surface area contributed by atoms with Gasteiger partial charge in [0, 0.05) is 23.2 Å². The van der Waals surface area contributed by atoms with Crippen molar-refractivity contribution in [1.29, 1.82) is 0 Å². The first-order valence-corrected chi connectivity index (χ1v) is 8.89. The predicted octanol–water partition coefficient (Wildman–Crippen LogP) is 5.86. The Morgan fingerprint density at radius 3 is 2.00 bits per heavy atom. The normalized spacial score (nSPS) is 15.3. The summed E-state index contributed by atoms with van der Waals surface area (Å²) in [6.45, 7) is 0. The first-order valence-electron chi connectivity index (χ1n) is 8.89. The third-order valence-electron chi connectivity index (χ3n) is 4.93. The van der Waals surface area contributed by atoms with Gasteiger partial charge in [0.15, 0.2) is 5.82 Å². The first-order chi connectivity index (χ1) is 11.9. The molecule has 2 aromatic carbocycles. The first kappa shape index (κ1) is 15.1. The second-order valence-corrected chi connectivity index (χ2v) is 6.56. The van der Waals surface area contributed by atoms with Crippen LogP contribution in [0.1, 0.15) is 43.7 Å². The summed E-state index contributed by atoms with van der Waals surface area (Å²) in [5.74, 6) is 1.40. The van der Waals surface area contributed by atoms with Crippen molar-refractivity contribution in [3.8, 4) is 22.5 Å². The van der Waals surface area contributed by atoms with E-state index in [0.29, 0.717) is 5.92 Å². The second-order valence-electron chi connectivity index (χ2n) is 6.56. The average molecular weight is 314 g/mol. The summed E-state index contributed by atoms with van der Waals surface area (Å²) in [4.78, 5) is 9.70. The largest absolute Gasteiger partial charge is 0.236 e. The molecule has 1 aromatic heterocycles. The van der Waals surface area contributed by atoms with E-state index < -0.39 is 0 Å². The maximum absolute atomic E-state index is 5.03. The Bertz CT molecular complexity index is 791. The maximum atomic E-state index is 5.03. The molecule has 120 valence electrons. The molecule has 2 heteroatoms. The minimum absolute atomic E-state index is 0.555. The molecule has 1 fully saturated rings. The lowest BCUT2D eigenvalue weighted by atomic mass is 9.84. The van der Waals surface area contributed by atoms with Gasteiger partial charge in [0.2, 0.25) is 0 Å². The van der Waals surface area contributed by atoms with Crippen LogP contribution in [0.4, 0.5) is 0 Å². The van der Waals surface area contributed by atoms with Crippen LogP contribution in [-0.2, 0) is 0 Å². The Balaban J connectivity index is 1.81. The van der Waals surface area contributed by atoms with Crippen LogP contribution in [0.2, 0.25) is 0 Å². The molecule has 0 spiro atoms. The molecule has 2 nitrogen and oxygen atoms in total. The summed E-state index contributed by atoms with van der Waals surface area (Å²) in [7, 11) is 0. The predicted molar refractivity (Wildman–Crippen MR) is 98.7 cm³/mol. The SMILES string of the molecule is c1ccc(-c2ncc(-c3ccccc3)c(C3CCCCC3)n2)cc1. The van der Waals surface area contributed by atoms with Gasteiger partial charge in [0.05, 0.1) is 5.69 Å². The third-order valence-corrected chi connectivity index (χ3v) is 4.93. The van der Waals surface area contributed by atoms with E-state index in [-0.39, 0.29) is 0 Å². The molecule has 1 aliphatic rings. The molecule has 4 rings (SSSR count). The number of benzene rings is 2. The van der Waals surface area contributed by atoms with Crippen molar-refractivity contribution < 1.29 is 0 Å². The monoisotopic (exact) mass is 314 g/mol. The van der Waals surface area contributed by atoms with Gasteiger partial charge in [0.25, 0.3) is 0 Å². The van der Waals surface area contributed by atoms with Crippen molar-refractivity contribution in [2.24, 2.45) is 0 Å². The van der Waals surface area contributed by atoms with Gasteiger partial charge < -0.3 is 0 Å². The molecule has 1 heterocycles. The average Bonchev–Trinajstić information content (AvgIpc) is 2.69. The lowest BCUT2D eigenvalue weighted by Crippen LogP contribution is -2.09. The molecule has 0 radical (unpaired) electrons. The highest BCUT2D eigenvalue weighted by Gasteiger charge is 2.22. The zero-order valence-corrected chi connectivity index (χ0v) is 13.9. The van der Waals surface area contributed by atoms with Gasteiger partial charge >= 0.3 is 0 Å². The Kier molecular flexibility index (Phi) is 4.37. The molecule has 0 saturated heterocycles. The molecule has 24 heavy (non-hydrogen) atoms. The number of aromatic nitrogens is 2. The van der Waals surface area contributed by atoms with E-state index in [0.717, 1.165) is 11.4 Å². The highest BCUT2D eigenvalue weighted by Crippen LogP contribution is 2.37. The zero-order chi connectivity index (χ0) is 16.2. The fourth-order valence-electron chi connectivity index (χ4n) is 3.65. The van der Waals surface area contributed by atoms with Crippen molar-refractivity contribution >= 4 is 0 Å². The Morgan fingerprint density at radius 1 is 0.708 bits per heavy atom. The van der Waals surface area contributed by atoms with Gasteiger partial charge in [-0.05, 0) is 18.4 Å². The molecular weight excluding hydrogens is 292 g/mol. The van der Waals surface area contributed by atoms with Gasteiger partial charge in [-0.15, -0.1) is 0 Å². The zero-order valence-electron chi connectivity index (χ0n) is 13.9. The van der Waals surface area contributed by atoms with Crippen LogP contribution in [0, 0.1) is 0 Å². The van der Waals surface area contributed by atoms with Crippen molar-refractivity contribution in [3.63, 3.8) is 0 Å². The number of hydrogen-bond acceptors (Lipinski definition) is 2. The van der Waals surface area contributed by atoms with E-state index in [9.17, 15) is 0 Å².